The van der Waals surface area contributed by atoms with Crippen LogP contribution in [0.5, 0.6) is 5.75 Å². The van der Waals surface area contributed by atoms with Crippen molar-refractivity contribution in [2.24, 2.45) is 0 Å². The van der Waals surface area contributed by atoms with Gasteiger partial charge in [-0.1, -0.05) is 0 Å². The Bertz CT molecular complexity index is 834. The summed E-state index contributed by atoms with van der Waals surface area (Å²) in [7, 11) is 0. The average Bonchev–Trinajstić information content (AvgIpc) is 2.84. The zero-order valence-electron chi connectivity index (χ0n) is 19.0. The minimum atomic E-state index is -0.849. The second-order valence-corrected chi connectivity index (χ2v) is 8.32. The SMILES string of the molecule is O=C1O[C@@H]2CCCO[C@@H]2COCCOCCOC[C@H]2OCCC[C@H]2OC(=O)c2nc1ccc2O. The topological polar surface area (TPSA) is 132 Å². The van der Waals surface area contributed by atoms with Crippen LogP contribution in [0.15, 0.2) is 12.1 Å². The van der Waals surface area contributed by atoms with E-state index in [9.17, 15) is 14.7 Å². The van der Waals surface area contributed by atoms with Gasteiger partial charge in [-0.2, -0.15) is 0 Å². The molecule has 1 N–H and O–H groups in total. The first kappa shape index (κ1) is 24.8. The van der Waals surface area contributed by atoms with Gasteiger partial charge in [0, 0.05) is 13.2 Å². The number of hydrogen-bond donors (Lipinski definition) is 1. The van der Waals surface area contributed by atoms with Gasteiger partial charge < -0.3 is 38.3 Å². The number of aromatic nitrogens is 1. The number of rotatable bonds is 0. The molecule has 1 aromatic heterocycles. The molecule has 2 bridgehead atoms. The van der Waals surface area contributed by atoms with E-state index < -0.39 is 42.1 Å². The number of hydrogen-bond acceptors (Lipinski definition) is 11. The third kappa shape index (κ3) is 6.63. The van der Waals surface area contributed by atoms with Crippen molar-refractivity contribution in [3.63, 3.8) is 0 Å². The maximum Gasteiger partial charge on any atom is 0.361 e. The van der Waals surface area contributed by atoms with Crippen LogP contribution in [0.1, 0.15) is 46.7 Å². The molecule has 2 fully saturated rings. The van der Waals surface area contributed by atoms with Crippen LogP contribution < -0.4 is 0 Å². The van der Waals surface area contributed by atoms with Gasteiger partial charge in [-0.3, -0.25) is 0 Å². The Morgan fingerprint density at radius 1 is 0.706 bits per heavy atom. The summed E-state index contributed by atoms with van der Waals surface area (Å²) < 4.78 is 39.5. The normalized spacial score (nSPS) is 30.2. The highest BCUT2D eigenvalue weighted by Crippen LogP contribution is 2.24. The van der Waals surface area contributed by atoms with Gasteiger partial charge in [0.15, 0.2) is 5.69 Å². The van der Waals surface area contributed by atoms with Gasteiger partial charge in [0.1, 0.15) is 35.9 Å². The lowest BCUT2D eigenvalue weighted by Gasteiger charge is -2.31. The standard InChI is InChI=1S/C23H31NO10/c25-16-6-5-15-22(26)33-17-3-1-7-31-19(17)13-29-11-9-28-10-12-30-14-20-18(4-2-8-32-20)34-23(27)21(16)24-15/h5-6,17-20,25H,1-4,7-14H2/t17-,18-,19-,20-/m1/s1. The number of carbonyl (C=O) groups excluding carboxylic acids is 2. The Kier molecular flexibility index (Phi) is 9.05. The van der Waals surface area contributed by atoms with Crippen LogP contribution in [-0.2, 0) is 33.2 Å². The van der Waals surface area contributed by atoms with Gasteiger partial charge in [-0.25, -0.2) is 14.6 Å². The molecule has 3 aliphatic rings. The summed E-state index contributed by atoms with van der Waals surface area (Å²) in [4.78, 5) is 29.6. The van der Waals surface area contributed by atoms with Gasteiger partial charge in [0.25, 0.3) is 0 Å². The van der Waals surface area contributed by atoms with Crippen molar-refractivity contribution in [3.05, 3.63) is 23.5 Å². The molecule has 34 heavy (non-hydrogen) atoms. The lowest BCUT2D eigenvalue weighted by Crippen LogP contribution is -2.41. The Hall–Kier alpha value is -2.31. The smallest absolute Gasteiger partial charge is 0.361 e. The lowest BCUT2D eigenvalue weighted by atomic mass is 10.1. The maximum absolute atomic E-state index is 12.8. The second kappa shape index (κ2) is 12.4. The van der Waals surface area contributed by atoms with Crippen LogP contribution in [0.25, 0.3) is 0 Å². The monoisotopic (exact) mass is 481 g/mol. The number of carbonyl (C=O) groups is 2. The van der Waals surface area contributed by atoms with Gasteiger partial charge in [-0.15, -0.1) is 0 Å². The molecule has 0 saturated carbocycles. The van der Waals surface area contributed by atoms with E-state index in [0.717, 1.165) is 6.42 Å². The van der Waals surface area contributed by atoms with Crippen LogP contribution >= 0.6 is 0 Å². The molecule has 4 rings (SSSR count). The number of esters is 2. The van der Waals surface area contributed by atoms with Crippen LogP contribution in [-0.4, -0.2) is 99.3 Å². The minimum Gasteiger partial charge on any atom is -0.505 e. The third-order valence-corrected chi connectivity index (χ3v) is 5.86. The van der Waals surface area contributed by atoms with E-state index in [2.05, 4.69) is 4.98 Å². The molecule has 0 spiro atoms. The molecule has 11 nitrogen and oxygen atoms in total. The summed E-state index contributed by atoms with van der Waals surface area (Å²) in [5.41, 5.74) is -0.472. The fraction of sp³-hybridized carbons (Fsp3) is 0.696. The number of nitrogens with zero attached hydrogens (tertiary/aromatic N) is 1. The molecule has 3 aliphatic heterocycles. The number of pyridine rings is 1. The summed E-state index contributed by atoms with van der Waals surface area (Å²) in [5, 5.41) is 10.2. The molecule has 0 aromatic carbocycles. The summed E-state index contributed by atoms with van der Waals surface area (Å²) in [6, 6.07) is 2.52. The summed E-state index contributed by atoms with van der Waals surface area (Å²) in [6.07, 6.45) is 0.687. The zero-order valence-corrected chi connectivity index (χ0v) is 19.0. The maximum atomic E-state index is 12.8. The van der Waals surface area contributed by atoms with Crippen LogP contribution in [0.3, 0.4) is 0 Å². The second-order valence-electron chi connectivity index (χ2n) is 8.32. The number of aromatic hydroxyl groups is 1. The molecule has 0 radical (unpaired) electrons. The Morgan fingerprint density at radius 2 is 1.26 bits per heavy atom. The molecular formula is C23H31NO10. The zero-order chi connectivity index (χ0) is 23.8. The molecule has 4 atom stereocenters. The average molecular weight is 481 g/mol. The largest absolute Gasteiger partial charge is 0.505 e. The highest BCUT2D eigenvalue weighted by atomic mass is 16.6. The lowest BCUT2D eigenvalue weighted by molar-refractivity contribution is -0.121. The fourth-order valence-corrected chi connectivity index (χ4v) is 4.05. The fourth-order valence-electron chi connectivity index (χ4n) is 4.05. The van der Waals surface area contributed by atoms with Crippen LogP contribution in [0.4, 0.5) is 0 Å². The van der Waals surface area contributed by atoms with Crippen molar-refractivity contribution in [2.75, 3.05) is 52.9 Å². The summed E-state index contributed by atoms with van der Waals surface area (Å²) >= 11 is 0. The van der Waals surface area contributed by atoms with Crippen LogP contribution in [0.2, 0.25) is 0 Å². The minimum absolute atomic E-state index is 0.113. The Balaban J connectivity index is 1.51. The number of ether oxygens (including phenoxy) is 7. The van der Waals surface area contributed by atoms with Crippen molar-refractivity contribution in [2.45, 2.75) is 50.1 Å². The van der Waals surface area contributed by atoms with E-state index in [4.69, 9.17) is 33.2 Å². The van der Waals surface area contributed by atoms with Crippen molar-refractivity contribution in [3.8, 4) is 5.75 Å². The first-order valence-electron chi connectivity index (χ1n) is 11.7. The van der Waals surface area contributed by atoms with E-state index in [1.807, 2.05) is 0 Å². The quantitative estimate of drug-likeness (QED) is 0.537. The molecule has 2 saturated heterocycles. The van der Waals surface area contributed by atoms with Gasteiger partial charge in [0.2, 0.25) is 0 Å². The van der Waals surface area contributed by atoms with Crippen molar-refractivity contribution in [1.29, 1.82) is 0 Å². The highest BCUT2D eigenvalue weighted by Gasteiger charge is 2.33. The molecule has 188 valence electrons. The van der Waals surface area contributed by atoms with E-state index in [1.165, 1.54) is 12.1 Å². The molecule has 1 aromatic rings. The van der Waals surface area contributed by atoms with Crippen molar-refractivity contribution in [1.82, 2.24) is 4.98 Å². The molecule has 4 heterocycles. The van der Waals surface area contributed by atoms with E-state index >= 15 is 0 Å². The first-order valence-corrected chi connectivity index (χ1v) is 11.7. The van der Waals surface area contributed by atoms with Crippen molar-refractivity contribution >= 4 is 11.9 Å². The van der Waals surface area contributed by atoms with Gasteiger partial charge in [-0.05, 0) is 37.8 Å². The Labute approximate surface area is 197 Å². The van der Waals surface area contributed by atoms with E-state index in [0.29, 0.717) is 58.9 Å². The third-order valence-electron chi connectivity index (χ3n) is 5.86. The number of fused-ring (bicyclic) bond motifs is 4. The molecule has 0 amide bonds. The Morgan fingerprint density at radius 3 is 1.88 bits per heavy atom. The summed E-state index contributed by atoms with van der Waals surface area (Å²) in [6.45, 7) is 3.05. The summed E-state index contributed by atoms with van der Waals surface area (Å²) in [5.74, 6) is -1.96. The van der Waals surface area contributed by atoms with E-state index in [-0.39, 0.29) is 24.6 Å². The van der Waals surface area contributed by atoms with Crippen LogP contribution in [0, 0.1) is 0 Å². The molecule has 0 unspecified atom stereocenters. The van der Waals surface area contributed by atoms with E-state index in [1.54, 1.807) is 0 Å². The predicted octanol–water partition coefficient (Wildman–Crippen LogP) is 1.26. The highest BCUT2D eigenvalue weighted by molar-refractivity contribution is 5.93. The first-order chi connectivity index (χ1) is 16.6. The van der Waals surface area contributed by atoms with Gasteiger partial charge in [0.05, 0.1) is 39.6 Å². The molecule has 11 heteroatoms. The van der Waals surface area contributed by atoms with Crippen molar-refractivity contribution < 1.29 is 47.9 Å². The molecular weight excluding hydrogens is 450 g/mol. The molecule has 0 aliphatic carbocycles. The van der Waals surface area contributed by atoms with Gasteiger partial charge >= 0.3 is 11.9 Å². The predicted molar refractivity (Wildman–Crippen MR) is 115 cm³/mol.